The molecule has 0 bridgehead atoms. The third-order valence-corrected chi connectivity index (χ3v) is 7.90. The van der Waals surface area contributed by atoms with Crippen LogP contribution in [0, 0.1) is 17.8 Å². The zero-order valence-electron chi connectivity index (χ0n) is 18.3. The molecular formula is C22H36F3N5O. The first kappa shape index (κ1) is 23.0. The molecule has 3 N–H and O–H groups in total. The van der Waals surface area contributed by atoms with Crippen LogP contribution in [0.15, 0.2) is 12.7 Å². The zero-order chi connectivity index (χ0) is 22.2. The van der Waals surface area contributed by atoms with Gasteiger partial charge in [-0.15, -0.1) is 0 Å². The van der Waals surface area contributed by atoms with E-state index in [0.717, 1.165) is 32.4 Å². The monoisotopic (exact) mass is 443 g/mol. The summed E-state index contributed by atoms with van der Waals surface area (Å²) in [4.78, 5) is 14.1. The number of alkyl halides is 3. The summed E-state index contributed by atoms with van der Waals surface area (Å²) < 4.78 is 39.1. The van der Waals surface area contributed by atoms with Gasteiger partial charge in [-0.2, -0.15) is 13.2 Å². The average Bonchev–Trinajstić information content (AvgIpc) is 3.18. The molecule has 0 aromatic heterocycles. The van der Waals surface area contributed by atoms with Crippen LogP contribution in [0.4, 0.5) is 13.2 Å². The maximum absolute atomic E-state index is 13.0. The van der Waals surface area contributed by atoms with Crippen molar-refractivity contribution in [2.24, 2.45) is 17.8 Å². The van der Waals surface area contributed by atoms with E-state index < -0.39 is 12.1 Å². The number of likely N-dealkylation sites (tertiary alicyclic amines) is 1. The van der Waals surface area contributed by atoms with Gasteiger partial charge in [-0.1, -0.05) is 6.58 Å². The van der Waals surface area contributed by atoms with E-state index in [9.17, 15) is 18.0 Å². The first-order chi connectivity index (χ1) is 14.7. The van der Waals surface area contributed by atoms with Gasteiger partial charge in [-0.25, -0.2) is 5.01 Å². The van der Waals surface area contributed by atoms with Crippen molar-refractivity contribution in [3.05, 3.63) is 12.7 Å². The molecule has 6 nitrogen and oxygen atoms in total. The molecule has 4 fully saturated rings. The van der Waals surface area contributed by atoms with Gasteiger partial charge in [0.05, 0.1) is 12.1 Å². The van der Waals surface area contributed by atoms with Crippen molar-refractivity contribution in [3.8, 4) is 0 Å². The summed E-state index contributed by atoms with van der Waals surface area (Å²) in [6.45, 7) is 6.02. The maximum Gasteiger partial charge on any atom is 0.391 e. The van der Waals surface area contributed by atoms with Crippen LogP contribution in [0.3, 0.4) is 0 Å². The Balaban J connectivity index is 1.41. The summed E-state index contributed by atoms with van der Waals surface area (Å²) in [7, 11) is 2.06. The van der Waals surface area contributed by atoms with Crippen molar-refractivity contribution < 1.29 is 18.0 Å². The van der Waals surface area contributed by atoms with Crippen LogP contribution in [-0.2, 0) is 4.79 Å². The molecule has 0 radical (unpaired) electrons. The second kappa shape index (κ2) is 9.37. The smallest absolute Gasteiger partial charge is 0.338 e. The Morgan fingerprint density at radius 2 is 1.81 bits per heavy atom. The third-order valence-electron chi connectivity index (χ3n) is 7.90. The number of nitrogens with zero attached hydrogens (tertiary/aromatic N) is 2. The van der Waals surface area contributed by atoms with Crippen LogP contribution in [0.2, 0.25) is 0 Å². The van der Waals surface area contributed by atoms with E-state index in [1.807, 2.05) is 4.90 Å². The van der Waals surface area contributed by atoms with E-state index in [1.54, 1.807) is 0 Å². The molecule has 0 spiro atoms. The van der Waals surface area contributed by atoms with Gasteiger partial charge in [0.15, 0.2) is 0 Å². The Kier molecular flexibility index (Phi) is 6.96. The lowest BCUT2D eigenvalue weighted by Crippen LogP contribution is -2.71. The summed E-state index contributed by atoms with van der Waals surface area (Å²) in [5, 5.41) is 9.66. The van der Waals surface area contributed by atoms with E-state index >= 15 is 0 Å². The Morgan fingerprint density at radius 3 is 2.42 bits per heavy atom. The quantitative estimate of drug-likeness (QED) is 0.582. The second-order valence-electron chi connectivity index (χ2n) is 9.90. The number of hydrogen-bond acceptors (Lipinski definition) is 5. The molecule has 3 saturated heterocycles. The van der Waals surface area contributed by atoms with Gasteiger partial charge in [0.25, 0.3) is 0 Å². The van der Waals surface area contributed by atoms with Crippen LogP contribution in [0.1, 0.15) is 44.9 Å². The molecular weight excluding hydrogens is 407 g/mol. The number of piperidine rings is 1. The molecule has 5 atom stereocenters. The highest BCUT2D eigenvalue weighted by Gasteiger charge is 2.46. The van der Waals surface area contributed by atoms with Gasteiger partial charge >= 0.3 is 6.18 Å². The molecule has 176 valence electrons. The van der Waals surface area contributed by atoms with Gasteiger partial charge in [0.2, 0.25) is 5.91 Å². The van der Waals surface area contributed by atoms with E-state index in [4.69, 9.17) is 0 Å². The van der Waals surface area contributed by atoms with Crippen LogP contribution in [0.25, 0.3) is 0 Å². The standard InChI is InChI=1S/C22H36F3N5O/c1-3-20(31)30-11-8-16-18(13-30)26-19(27-21(16)17-9-10-29(2)28-17)12-14-4-6-15(7-5-14)22(23,24)25/h3,14-19,21,26-28H,1,4-13H2,2H3. The van der Waals surface area contributed by atoms with E-state index in [-0.39, 0.29) is 37.0 Å². The van der Waals surface area contributed by atoms with Gasteiger partial charge in [-0.3, -0.25) is 20.9 Å². The zero-order valence-corrected chi connectivity index (χ0v) is 18.3. The van der Waals surface area contributed by atoms with Crippen LogP contribution >= 0.6 is 0 Å². The molecule has 1 aliphatic carbocycles. The van der Waals surface area contributed by atoms with Crippen molar-refractivity contribution in [3.63, 3.8) is 0 Å². The van der Waals surface area contributed by atoms with Crippen molar-refractivity contribution in [2.45, 2.75) is 75.4 Å². The Morgan fingerprint density at radius 1 is 1.06 bits per heavy atom. The number of halogens is 3. The van der Waals surface area contributed by atoms with Gasteiger partial charge < -0.3 is 4.90 Å². The van der Waals surface area contributed by atoms with Crippen LogP contribution in [-0.4, -0.2) is 73.0 Å². The molecule has 5 unspecified atom stereocenters. The minimum absolute atomic E-state index is 0.0314. The minimum atomic E-state index is -4.06. The first-order valence-corrected chi connectivity index (χ1v) is 11.7. The predicted octanol–water partition coefficient (Wildman–Crippen LogP) is 2.24. The fourth-order valence-electron chi connectivity index (χ4n) is 6.18. The molecule has 0 aromatic rings. The summed E-state index contributed by atoms with van der Waals surface area (Å²) in [5.74, 6) is -0.455. The number of carbonyl (C=O) groups is 1. The number of carbonyl (C=O) groups excluding carboxylic acids is 1. The van der Waals surface area contributed by atoms with Crippen molar-refractivity contribution >= 4 is 5.91 Å². The van der Waals surface area contributed by atoms with Crippen molar-refractivity contribution in [2.75, 3.05) is 26.7 Å². The van der Waals surface area contributed by atoms with Crippen molar-refractivity contribution in [1.29, 1.82) is 0 Å². The normalized spacial score (nSPS) is 39.9. The fraction of sp³-hybridized carbons (Fsp3) is 0.864. The Bertz CT molecular complexity index is 652. The largest absolute Gasteiger partial charge is 0.391 e. The highest BCUT2D eigenvalue weighted by molar-refractivity contribution is 5.87. The lowest BCUT2D eigenvalue weighted by molar-refractivity contribution is -0.184. The predicted molar refractivity (Wildman–Crippen MR) is 113 cm³/mol. The highest BCUT2D eigenvalue weighted by atomic mass is 19.4. The lowest BCUT2D eigenvalue weighted by atomic mass is 9.76. The first-order valence-electron chi connectivity index (χ1n) is 11.7. The molecule has 9 heteroatoms. The summed E-state index contributed by atoms with van der Waals surface area (Å²) in [6, 6.07) is 0.812. The number of hydrazine groups is 1. The average molecular weight is 444 g/mol. The second-order valence-corrected chi connectivity index (χ2v) is 9.90. The number of nitrogens with one attached hydrogen (secondary N) is 3. The molecule has 1 saturated carbocycles. The van der Waals surface area contributed by atoms with Crippen molar-refractivity contribution in [1.82, 2.24) is 26.0 Å². The highest BCUT2D eigenvalue weighted by Crippen LogP contribution is 2.41. The van der Waals surface area contributed by atoms with E-state index in [0.29, 0.717) is 37.3 Å². The minimum Gasteiger partial charge on any atom is -0.338 e. The fourth-order valence-corrected chi connectivity index (χ4v) is 6.18. The number of hydrogen-bond donors (Lipinski definition) is 3. The molecule has 1 amide bonds. The number of fused-ring (bicyclic) bond motifs is 1. The molecule has 0 aromatic carbocycles. The molecule has 3 aliphatic heterocycles. The Labute approximate surface area is 182 Å². The summed E-state index contributed by atoms with van der Waals surface area (Å²) in [6.07, 6.45) is 1.96. The summed E-state index contributed by atoms with van der Waals surface area (Å²) >= 11 is 0. The lowest BCUT2D eigenvalue weighted by Gasteiger charge is -2.51. The van der Waals surface area contributed by atoms with E-state index in [2.05, 4.69) is 34.7 Å². The van der Waals surface area contributed by atoms with Crippen LogP contribution in [0.5, 0.6) is 0 Å². The topological polar surface area (TPSA) is 59.6 Å². The maximum atomic E-state index is 13.0. The van der Waals surface area contributed by atoms with Gasteiger partial charge in [-0.05, 0) is 62.9 Å². The third kappa shape index (κ3) is 5.26. The number of amides is 1. The van der Waals surface area contributed by atoms with Crippen LogP contribution < -0.4 is 16.1 Å². The number of rotatable bonds is 4. The Hall–Kier alpha value is -1.16. The summed E-state index contributed by atoms with van der Waals surface area (Å²) in [5.41, 5.74) is 3.57. The molecule has 3 heterocycles. The SMILES string of the molecule is C=CC(=O)N1CCC2C(C1)NC(CC1CCC(C(F)(F)F)CC1)NC2C1CCN(C)N1. The van der Waals surface area contributed by atoms with Gasteiger partial charge in [0.1, 0.15) is 0 Å². The van der Waals surface area contributed by atoms with E-state index in [1.165, 1.54) is 6.08 Å². The molecule has 4 rings (SSSR count). The van der Waals surface area contributed by atoms with Gasteiger partial charge in [0, 0.05) is 44.8 Å². The molecule has 31 heavy (non-hydrogen) atoms. The molecule has 4 aliphatic rings.